The van der Waals surface area contributed by atoms with Crippen LogP contribution < -0.4 is 0 Å². The van der Waals surface area contributed by atoms with Crippen LogP contribution in [0.4, 0.5) is 0 Å². The van der Waals surface area contributed by atoms with Gasteiger partial charge in [-0.3, -0.25) is 18.6 Å². The van der Waals surface area contributed by atoms with Crippen molar-refractivity contribution in [2.24, 2.45) is 0 Å². The fourth-order valence-corrected chi connectivity index (χ4v) is 6.99. The third-order valence-corrected chi connectivity index (χ3v) is 10.8. The van der Waals surface area contributed by atoms with Crippen LogP contribution in [0.2, 0.25) is 0 Å². The molecular formula is C44H87NO8P+. The van der Waals surface area contributed by atoms with E-state index in [1.165, 1.54) is 141 Å². The fraction of sp³-hybridized carbons (Fsp3) is 0.909. The van der Waals surface area contributed by atoms with Crippen molar-refractivity contribution < 1.29 is 42.1 Å². The predicted molar refractivity (Wildman–Crippen MR) is 224 cm³/mol. The maximum absolute atomic E-state index is 12.7. The second kappa shape index (κ2) is 37.3. The molecule has 0 amide bonds. The Morgan fingerprint density at radius 2 is 0.944 bits per heavy atom. The number of phosphoric acid groups is 1. The molecule has 0 saturated heterocycles. The van der Waals surface area contributed by atoms with E-state index < -0.39 is 26.5 Å². The van der Waals surface area contributed by atoms with E-state index in [9.17, 15) is 19.0 Å². The first kappa shape index (κ1) is 52.8. The van der Waals surface area contributed by atoms with E-state index in [1.807, 2.05) is 21.1 Å². The van der Waals surface area contributed by atoms with Crippen molar-refractivity contribution in [1.82, 2.24) is 0 Å². The van der Waals surface area contributed by atoms with Crippen LogP contribution in [0.25, 0.3) is 0 Å². The molecule has 0 aliphatic rings. The van der Waals surface area contributed by atoms with Crippen molar-refractivity contribution in [2.75, 3.05) is 47.5 Å². The molecule has 0 rings (SSSR count). The molecule has 0 aliphatic heterocycles. The number of carbonyl (C=O) groups is 2. The van der Waals surface area contributed by atoms with Gasteiger partial charge in [-0.25, -0.2) is 4.57 Å². The summed E-state index contributed by atoms with van der Waals surface area (Å²) in [5.41, 5.74) is 0. The van der Waals surface area contributed by atoms with Crippen LogP contribution in [-0.4, -0.2) is 74.9 Å². The first-order chi connectivity index (χ1) is 26.0. The van der Waals surface area contributed by atoms with Crippen LogP contribution in [0.3, 0.4) is 0 Å². The Balaban J connectivity index is 4.29. The zero-order valence-corrected chi connectivity index (χ0v) is 36.9. The van der Waals surface area contributed by atoms with Crippen molar-refractivity contribution in [3.8, 4) is 0 Å². The molecule has 54 heavy (non-hydrogen) atoms. The highest BCUT2D eigenvalue weighted by Crippen LogP contribution is 2.43. The Morgan fingerprint density at radius 1 is 0.556 bits per heavy atom. The predicted octanol–water partition coefficient (Wildman–Crippen LogP) is 12.6. The minimum Gasteiger partial charge on any atom is -0.462 e. The second-order valence-electron chi connectivity index (χ2n) is 16.4. The van der Waals surface area contributed by atoms with Crippen molar-refractivity contribution >= 4 is 19.8 Å². The van der Waals surface area contributed by atoms with Gasteiger partial charge in [-0.05, 0) is 38.5 Å². The van der Waals surface area contributed by atoms with Crippen LogP contribution in [-0.2, 0) is 32.7 Å². The number of hydrogen-bond acceptors (Lipinski definition) is 7. The molecule has 0 saturated carbocycles. The molecule has 0 aromatic carbocycles. The molecule has 9 nitrogen and oxygen atoms in total. The summed E-state index contributed by atoms with van der Waals surface area (Å²) in [6.07, 6.45) is 38.3. The minimum atomic E-state index is -4.37. The first-order valence-corrected chi connectivity index (χ1v) is 23.9. The number of carbonyl (C=O) groups excluding carboxylic acids is 2. The molecule has 2 unspecified atom stereocenters. The lowest BCUT2D eigenvalue weighted by molar-refractivity contribution is -0.870. The molecule has 0 aliphatic carbocycles. The summed E-state index contributed by atoms with van der Waals surface area (Å²) < 4.78 is 34.3. The summed E-state index contributed by atoms with van der Waals surface area (Å²) in [6, 6.07) is 0. The number of nitrogens with zero attached hydrogens (tertiary/aromatic N) is 1. The molecule has 0 spiro atoms. The molecule has 320 valence electrons. The minimum absolute atomic E-state index is 0.0344. The Morgan fingerprint density at radius 3 is 1.37 bits per heavy atom. The Hall–Kier alpha value is -1.25. The zero-order valence-electron chi connectivity index (χ0n) is 36.0. The van der Waals surface area contributed by atoms with Crippen LogP contribution in [0.1, 0.15) is 206 Å². The van der Waals surface area contributed by atoms with E-state index in [0.717, 1.165) is 32.1 Å². The molecular weight excluding hydrogens is 701 g/mol. The third-order valence-electron chi connectivity index (χ3n) is 9.80. The Bertz CT molecular complexity index is 938. The molecule has 0 aromatic rings. The van der Waals surface area contributed by atoms with Crippen molar-refractivity contribution in [3.05, 3.63) is 12.2 Å². The molecule has 0 fully saturated rings. The standard InChI is InChI=1S/C44H86NO8P/c1-6-8-10-12-14-16-18-19-20-21-22-23-24-25-27-29-31-33-35-37-44(47)53-42(41-52-54(48,49)51-39-38-45(3,4)5)40-50-43(46)36-34-32-30-28-26-17-15-13-11-9-7-2/h19-20,42H,6-18,21-41H2,1-5H3/p+1/b20-19-. The van der Waals surface area contributed by atoms with E-state index in [0.29, 0.717) is 23.9 Å². The van der Waals surface area contributed by atoms with Gasteiger partial charge < -0.3 is 18.9 Å². The maximum Gasteiger partial charge on any atom is 0.472 e. The monoisotopic (exact) mass is 789 g/mol. The summed E-state index contributed by atoms with van der Waals surface area (Å²) in [5.74, 6) is -0.793. The average molecular weight is 789 g/mol. The third kappa shape index (κ3) is 40.4. The Labute approximate surface area is 333 Å². The summed E-state index contributed by atoms with van der Waals surface area (Å²) in [4.78, 5) is 35.3. The van der Waals surface area contributed by atoms with Gasteiger partial charge in [-0.15, -0.1) is 0 Å². The Kier molecular flexibility index (Phi) is 36.5. The number of quaternary nitrogens is 1. The first-order valence-electron chi connectivity index (χ1n) is 22.4. The maximum atomic E-state index is 12.7. The molecule has 10 heteroatoms. The van der Waals surface area contributed by atoms with Gasteiger partial charge in [-0.1, -0.05) is 167 Å². The van der Waals surface area contributed by atoms with E-state index in [1.54, 1.807) is 0 Å². The number of allylic oxidation sites excluding steroid dienone is 2. The van der Waals surface area contributed by atoms with Gasteiger partial charge in [0.2, 0.25) is 0 Å². The number of likely N-dealkylation sites (N-methyl/N-ethyl adjacent to an activating group) is 1. The smallest absolute Gasteiger partial charge is 0.462 e. The number of hydrogen-bond donors (Lipinski definition) is 1. The number of ether oxygens (including phenoxy) is 2. The van der Waals surface area contributed by atoms with Gasteiger partial charge >= 0.3 is 19.8 Å². The van der Waals surface area contributed by atoms with E-state index in [2.05, 4.69) is 26.0 Å². The quantitative estimate of drug-likeness (QED) is 0.0214. The number of unbranched alkanes of at least 4 members (excludes halogenated alkanes) is 25. The molecule has 0 bridgehead atoms. The summed E-state index contributed by atoms with van der Waals surface area (Å²) in [7, 11) is 1.48. The van der Waals surface area contributed by atoms with Crippen molar-refractivity contribution in [1.29, 1.82) is 0 Å². The number of phosphoric ester groups is 1. The van der Waals surface area contributed by atoms with E-state index >= 15 is 0 Å². The van der Waals surface area contributed by atoms with E-state index in [-0.39, 0.29) is 25.6 Å². The van der Waals surface area contributed by atoms with Gasteiger partial charge in [0.15, 0.2) is 6.10 Å². The fourth-order valence-electron chi connectivity index (χ4n) is 6.24. The van der Waals surface area contributed by atoms with Crippen LogP contribution in [0, 0.1) is 0 Å². The SMILES string of the molecule is CCCCCCCC/C=C\CCCCCCCCCCCC(=O)OC(COC(=O)CCCCCCCCCCCCC)COP(=O)(O)OCC[N+](C)(C)C. The largest absolute Gasteiger partial charge is 0.472 e. The normalized spacial score (nSPS) is 13.7. The van der Waals surface area contributed by atoms with Crippen LogP contribution in [0.5, 0.6) is 0 Å². The number of esters is 2. The molecule has 2 atom stereocenters. The average Bonchev–Trinajstić information content (AvgIpc) is 3.12. The lowest BCUT2D eigenvalue weighted by atomic mass is 10.1. The van der Waals surface area contributed by atoms with Gasteiger partial charge in [0.1, 0.15) is 19.8 Å². The van der Waals surface area contributed by atoms with Crippen molar-refractivity contribution in [2.45, 2.75) is 213 Å². The highest BCUT2D eigenvalue weighted by Gasteiger charge is 2.27. The lowest BCUT2D eigenvalue weighted by Gasteiger charge is -2.24. The molecule has 0 heterocycles. The highest BCUT2D eigenvalue weighted by molar-refractivity contribution is 7.47. The topological polar surface area (TPSA) is 108 Å². The summed E-state index contributed by atoms with van der Waals surface area (Å²) in [5, 5.41) is 0. The number of rotatable bonds is 41. The lowest BCUT2D eigenvalue weighted by Crippen LogP contribution is -2.37. The van der Waals surface area contributed by atoms with Gasteiger partial charge in [0.05, 0.1) is 27.7 Å². The van der Waals surface area contributed by atoms with E-state index in [4.69, 9.17) is 18.5 Å². The van der Waals surface area contributed by atoms with Gasteiger partial charge in [0.25, 0.3) is 0 Å². The van der Waals surface area contributed by atoms with Crippen LogP contribution >= 0.6 is 7.82 Å². The second-order valence-corrected chi connectivity index (χ2v) is 17.9. The zero-order chi connectivity index (χ0) is 40.0. The summed E-state index contributed by atoms with van der Waals surface area (Å²) in [6.45, 7) is 4.43. The molecule has 0 radical (unpaired) electrons. The van der Waals surface area contributed by atoms with Gasteiger partial charge in [0, 0.05) is 12.8 Å². The van der Waals surface area contributed by atoms with Crippen molar-refractivity contribution in [3.63, 3.8) is 0 Å². The van der Waals surface area contributed by atoms with Gasteiger partial charge in [-0.2, -0.15) is 0 Å². The molecule has 0 aromatic heterocycles. The van der Waals surface area contributed by atoms with Crippen LogP contribution in [0.15, 0.2) is 12.2 Å². The molecule has 1 N–H and O–H groups in total. The highest BCUT2D eigenvalue weighted by atomic mass is 31.2. The summed E-state index contributed by atoms with van der Waals surface area (Å²) >= 11 is 0.